The molecule has 0 fully saturated rings. The normalized spacial score (nSPS) is 11.3. The molecule has 0 saturated carbocycles. The first-order valence-electron chi connectivity index (χ1n) is 24.0. The SMILES string of the molecule is CN1NNN=C1c1sc(Br)nc1-c1ccc(Cl)c(Cl)c1.COC(=O)c1sccc1N.COC(=O)c1sccc1Nc1nc(-c2ccc(Cl)c(Cl)c2)c(-c2nnnn2C)s1.Cn1nnnc1-c1sc(Nc2ccsc2C(=O)O)nc1-c1ccc(Cl)c(Cl)c1.[Na+].[OH-]. The first-order chi connectivity index (χ1) is 41.7. The van der Waals surface area contributed by atoms with Gasteiger partial charge in [-0.1, -0.05) is 110 Å². The summed E-state index contributed by atoms with van der Waals surface area (Å²) in [6.07, 6.45) is 0. The number of rotatable bonds is 13. The van der Waals surface area contributed by atoms with Gasteiger partial charge in [-0.2, -0.15) is 0 Å². The summed E-state index contributed by atoms with van der Waals surface area (Å²) in [6.45, 7) is 0. The summed E-state index contributed by atoms with van der Waals surface area (Å²) in [5, 5.41) is 53.9. The molecule has 11 aromatic rings. The fourth-order valence-corrected chi connectivity index (χ4v) is 14.0. The van der Waals surface area contributed by atoms with Crippen LogP contribution in [0.15, 0.2) is 98.0 Å². The zero-order valence-corrected chi connectivity index (χ0v) is 59.1. The van der Waals surface area contributed by atoms with Crippen LogP contribution in [0.3, 0.4) is 0 Å². The van der Waals surface area contributed by atoms with Crippen LogP contribution in [-0.2, 0) is 23.6 Å². The molecule has 12 rings (SSSR count). The Hall–Kier alpha value is -5.99. The van der Waals surface area contributed by atoms with Crippen molar-refractivity contribution in [2.24, 2.45) is 19.2 Å². The van der Waals surface area contributed by atoms with Crippen molar-refractivity contribution < 1.29 is 64.0 Å². The van der Waals surface area contributed by atoms with Crippen molar-refractivity contribution in [3.05, 3.63) is 142 Å². The number of methoxy groups -OCH3 is 2. The molecule has 9 heterocycles. The van der Waals surface area contributed by atoms with Gasteiger partial charge < -0.3 is 36.4 Å². The summed E-state index contributed by atoms with van der Waals surface area (Å²) in [6, 6.07) is 21.1. The van der Waals surface area contributed by atoms with Crippen molar-refractivity contribution in [2.75, 3.05) is 37.6 Å². The molecule has 0 aliphatic carbocycles. The number of halogens is 7. The molecule has 89 heavy (non-hydrogen) atoms. The van der Waals surface area contributed by atoms with Gasteiger partial charge in [0.15, 0.2) is 31.7 Å². The number of aromatic nitrogens is 11. The maximum atomic E-state index is 12.0. The average molecular weight is 1510 g/mol. The van der Waals surface area contributed by atoms with Crippen LogP contribution in [0.4, 0.5) is 27.3 Å². The smallest absolute Gasteiger partial charge is 0.870 e. The van der Waals surface area contributed by atoms with Crippen molar-refractivity contribution in [2.45, 2.75) is 0 Å². The number of nitrogen functional groups attached to an aromatic ring is 1. The second-order valence-electron chi connectivity index (χ2n) is 17.0. The van der Waals surface area contributed by atoms with Crippen molar-refractivity contribution in [3.8, 4) is 55.2 Å². The van der Waals surface area contributed by atoms with E-state index in [-0.39, 0.29) is 45.9 Å². The van der Waals surface area contributed by atoms with E-state index in [2.05, 4.69) is 88.5 Å². The minimum absolute atomic E-state index is 0. The molecule has 1 aliphatic rings. The standard InChI is InChI=1S/C17H12Cl2N6O2S2.C16H10Cl2N6O2S2.C11H8BrCl2N5S.C6H7NO2S.Na.H2O/c1-25-15(22-23-24-25)14-12(8-3-4-9(18)10(19)7-8)21-17(29-14)20-11-5-6-28-13(11)16(26)27-2;1-24-14(21-22-23-24)13-11(7-2-3-8(17)9(18)6-7)20-16(28-13)19-10-4-5-27-12(10)15(25)26;1-19-10(16-17-18-19)9-8(15-11(12)20-9)5-2-3-6(13)7(14)4-5;1-9-6(8)5-4(7)2-3-10-5;;/h3-7H,1-2H3,(H,20,21);2-6H,1H3,(H,19,20)(H,25,26);2-4,17-18H,1H3;2-3H,7H2,1H3;;1H2/q;;;;+1;/p-1. The third-order valence-electron chi connectivity index (χ3n) is 11.4. The number of thiazole rings is 3. The molecule has 0 amide bonds. The Morgan fingerprint density at radius 2 is 1.02 bits per heavy atom. The van der Waals surface area contributed by atoms with Gasteiger partial charge in [-0.3, -0.25) is 5.01 Å². The van der Waals surface area contributed by atoms with E-state index in [1.54, 1.807) is 101 Å². The molecule has 0 radical (unpaired) electrons. The van der Waals surface area contributed by atoms with E-state index >= 15 is 0 Å². The Balaban J connectivity index is 0.000000177. The number of esters is 2. The van der Waals surface area contributed by atoms with Gasteiger partial charge in [0, 0.05) is 37.8 Å². The molecule has 39 heteroatoms. The number of hydrazone groups is 1. The minimum atomic E-state index is -1.00. The quantitative estimate of drug-likeness (QED) is 0.0461. The number of ether oxygens (including phenoxy) is 2. The van der Waals surface area contributed by atoms with Gasteiger partial charge in [0.05, 0.1) is 78.5 Å². The van der Waals surface area contributed by atoms with Gasteiger partial charge >= 0.3 is 47.5 Å². The number of aromatic carboxylic acids is 1. The van der Waals surface area contributed by atoms with Gasteiger partial charge in [-0.05, 0) is 108 Å². The molecule has 3 aromatic carbocycles. The Morgan fingerprint density at radius 1 is 0.596 bits per heavy atom. The fourth-order valence-electron chi connectivity index (χ4n) is 7.38. The van der Waals surface area contributed by atoms with E-state index < -0.39 is 11.9 Å². The third kappa shape index (κ3) is 16.8. The van der Waals surface area contributed by atoms with Crippen LogP contribution < -0.4 is 57.0 Å². The van der Waals surface area contributed by atoms with Crippen LogP contribution in [0, 0.1) is 0 Å². The number of thiophene rings is 3. The number of benzene rings is 3. The average Bonchev–Trinajstić information content (AvgIpc) is 2.69. The molecule has 25 nitrogen and oxygen atoms in total. The summed E-state index contributed by atoms with van der Waals surface area (Å²) >= 11 is 47.7. The number of aryl methyl sites for hydroxylation is 2. The van der Waals surface area contributed by atoms with E-state index in [0.717, 1.165) is 53.2 Å². The largest absolute Gasteiger partial charge is 1.00 e. The van der Waals surface area contributed by atoms with Gasteiger partial charge in [0.2, 0.25) is 0 Å². The number of hydrogen-bond acceptors (Lipinski definition) is 28. The third-order valence-corrected chi connectivity index (χ3v) is 19.8. The Labute approximate surface area is 588 Å². The molecular formula is C50H38BrCl6N18NaO7S6. The first-order valence-corrected chi connectivity index (χ1v) is 32.1. The van der Waals surface area contributed by atoms with Crippen molar-refractivity contribution in [3.63, 3.8) is 0 Å². The number of hydrogen-bond donors (Lipinski definition) is 6. The topological polar surface area (TPSA) is 336 Å². The number of carbonyl (C=O) groups excluding carboxylic acids is 2. The van der Waals surface area contributed by atoms with Crippen molar-refractivity contribution >= 4 is 205 Å². The molecule has 8 N–H and O–H groups in total. The van der Waals surface area contributed by atoms with E-state index in [9.17, 15) is 19.5 Å². The van der Waals surface area contributed by atoms with E-state index in [0.29, 0.717) is 95.1 Å². The van der Waals surface area contributed by atoms with Crippen LogP contribution in [0.1, 0.15) is 33.9 Å². The van der Waals surface area contributed by atoms with Crippen LogP contribution in [0.2, 0.25) is 30.1 Å². The number of tetrazole rings is 2. The molecule has 456 valence electrons. The van der Waals surface area contributed by atoms with Gasteiger partial charge in [0.1, 0.15) is 29.3 Å². The van der Waals surface area contributed by atoms with Crippen LogP contribution in [0.5, 0.6) is 0 Å². The number of carbonyl (C=O) groups is 3. The zero-order valence-electron chi connectivity index (χ0n) is 46.1. The Kier molecular flexibility index (Phi) is 25.2. The number of nitrogens with one attached hydrogen (secondary N) is 4. The summed E-state index contributed by atoms with van der Waals surface area (Å²) in [5.74, 6) is 0.0466. The Bertz CT molecular complexity index is 4360. The zero-order chi connectivity index (χ0) is 62.2. The summed E-state index contributed by atoms with van der Waals surface area (Å²) in [4.78, 5) is 51.5. The first kappa shape index (κ1) is 70.5. The molecule has 0 spiro atoms. The molecule has 0 bridgehead atoms. The maximum absolute atomic E-state index is 12.0. The van der Waals surface area contributed by atoms with Crippen LogP contribution in [-0.4, -0.2) is 116 Å². The number of nitrogens with two attached hydrogens (primary N) is 1. The number of carboxylic acids is 1. The number of amidine groups is 1. The van der Waals surface area contributed by atoms with Gasteiger partial charge in [-0.15, -0.1) is 66.2 Å². The van der Waals surface area contributed by atoms with E-state index in [1.807, 2.05) is 19.2 Å². The number of nitrogens with zero attached hydrogens (tertiary/aromatic N) is 13. The summed E-state index contributed by atoms with van der Waals surface area (Å²) in [5.41, 5.74) is 17.0. The summed E-state index contributed by atoms with van der Waals surface area (Å²) in [7, 11) is 8.01. The molecule has 1 aliphatic heterocycles. The predicted octanol–water partition coefficient (Wildman–Crippen LogP) is 11.1. The number of hydrazine groups is 2. The van der Waals surface area contributed by atoms with Crippen LogP contribution in [0.25, 0.3) is 55.2 Å². The van der Waals surface area contributed by atoms with Crippen molar-refractivity contribution in [1.82, 2.24) is 71.4 Å². The number of anilines is 5. The molecule has 8 aromatic heterocycles. The van der Waals surface area contributed by atoms with Gasteiger partial charge in [0.25, 0.3) is 0 Å². The monoisotopic (exact) mass is 1510 g/mol. The second-order valence-corrected chi connectivity index (χ2v) is 26.4. The Morgan fingerprint density at radius 3 is 1.42 bits per heavy atom. The van der Waals surface area contributed by atoms with Crippen LogP contribution >= 0.6 is 154 Å². The molecule has 0 unspecified atom stereocenters. The molecular weight excluding hydrogens is 1470 g/mol. The maximum Gasteiger partial charge on any atom is 1.00 e. The molecule has 0 atom stereocenters. The van der Waals surface area contributed by atoms with Gasteiger partial charge in [-0.25, -0.2) is 44.2 Å². The summed E-state index contributed by atoms with van der Waals surface area (Å²) < 4.78 is 13.2. The minimum Gasteiger partial charge on any atom is -0.870 e. The van der Waals surface area contributed by atoms with Crippen molar-refractivity contribution in [1.29, 1.82) is 0 Å². The number of carboxylic acid groups (broad SMARTS) is 1. The van der Waals surface area contributed by atoms with E-state index in [1.165, 1.54) is 75.6 Å². The fraction of sp³-hybridized carbons (Fsp3) is 0.100. The molecule has 0 saturated heterocycles. The predicted molar refractivity (Wildman–Crippen MR) is 352 cm³/mol. The van der Waals surface area contributed by atoms with E-state index in [4.69, 9.17) is 85.1 Å². The second kappa shape index (κ2) is 31.8.